The molecule has 3 heterocycles. The van der Waals surface area contributed by atoms with Crippen molar-refractivity contribution in [2.75, 3.05) is 28.3 Å². The summed E-state index contributed by atoms with van der Waals surface area (Å²) >= 11 is 0. The maximum absolute atomic E-state index is 6.64. The zero-order valence-electron chi connectivity index (χ0n) is 28.9. The Labute approximate surface area is 290 Å². The highest BCUT2D eigenvalue weighted by molar-refractivity contribution is 6.70. The minimum atomic E-state index is 0.0435. The largest absolute Gasteiger partial charge is 0.653 e. The minimum absolute atomic E-state index is 0.0435. The Bertz CT molecular complexity index is 2120. The van der Waals surface area contributed by atoms with Crippen molar-refractivity contribution in [1.29, 1.82) is 0 Å². The second-order valence-electron chi connectivity index (χ2n) is 13.7. The van der Waals surface area contributed by atoms with Crippen LogP contribution in [0.1, 0.15) is 50.7 Å². The number of hydrogen-bond donors (Lipinski definition) is 0. The lowest BCUT2D eigenvalue weighted by Crippen LogP contribution is -2.71. The molecular weight excluding hydrogens is 599 g/mol. The maximum atomic E-state index is 6.64. The molecule has 1 aromatic heterocycles. The van der Waals surface area contributed by atoms with E-state index in [4.69, 9.17) is 4.74 Å². The quantitative estimate of drug-likeness (QED) is 0.162. The van der Waals surface area contributed by atoms with Gasteiger partial charge >= 0.3 is 6.98 Å². The molecule has 0 saturated heterocycles. The standard InChI is InChI=1S/C43H42BN4O/c1-30(2)36-19-14-20-37(31(3)4)43(36)44-45(5)39-25-24-35(28-38(39)40-21-11-12-26-48(40)44)49-34-18-13-17-33(27-34)47-29-46(32-15-7-6-8-16-32)41-22-9-10-23-42(41)47/h6-28,30-31H,29H2,1-5H3/q+1. The fraction of sp³-hybridized carbons (Fsp3) is 0.186. The molecule has 5 aromatic carbocycles. The molecule has 49 heavy (non-hydrogen) atoms. The smallest absolute Gasteiger partial charge is 0.457 e. The van der Waals surface area contributed by atoms with Crippen LogP contribution in [0.5, 0.6) is 11.5 Å². The van der Waals surface area contributed by atoms with E-state index in [1.165, 1.54) is 45.0 Å². The molecule has 0 fully saturated rings. The van der Waals surface area contributed by atoms with Gasteiger partial charge in [0.25, 0.3) is 0 Å². The molecule has 0 radical (unpaired) electrons. The maximum Gasteiger partial charge on any atom is 0.653 e. The fourth-order valence-corrected chi connectivity index (χ4v) is 7.66. The van der Waals surface area contributed by atoms with E-state index in [1.807, 2.05) is 6.07 Å². The normalized spacial score (nSPS) is 13.5. The van der Waals surface area contributed by atoms with Crippen molar-refractivity contribution in [3.05, 3.63) is 151 Å². The summed E-state index contributed by atoms with van der Waals surface area (Å²) in [5.41, 5.74) is 12.4. The summed E-state index contributed by atoms with van der Waals surface area (Å²) in [5, 5.41) is 0. The van der Waals surface area contributed by atoms with Crippen molar-refractivity contribution in [1.82, 2.24) is 0 Å². The third-order valence-corrected chi connectivity index (χ3v) is 10.00. The molecular formula is C43H42BN4O+. The lowest BCUT2D eigenvalue weighted by molar-refractivity contribution is -0.524. The Morgan fingerprint density at radius 3 is 1.92 bits per heavy atom. The van der Waals surface area contributed by atoms with Crippen molar-refractivity contribution < 1.29 is 9.21 Å². The molecule has 5 nitrogen and oxygen atoms in total. The first-order chi connectivity index (χ1) is 23.9. The monoisotopic (exact) mass is 641 g/mol. The van der Waals surface area contributed by atoms with Crippen molar-refractivity contribution in [2.24, 2.45) is 0 Å². The second-order valence-corrected chi connectivity index (χ2v) is 13.7. The number of benzene rings is 5. The molecule has 0 N–H and O–H groups in total. The number of ether oxygens (including phenoxy) is 1. The molecule has 0 spiro atoms. The van der Waals surface area contributed by atoms with Crippen LogP contribution in [0.25, 0.3) is 11.3 Å². The molecule has 0 bridgehead atoms. The molecule has 0 unspecified atom stereocenters. The zero-order chi connectivity index (χ0) is 33.6. The molecule has 242 valence electrons. The molecule has 6 aromatic rings. The van der Waals surface area contributed by atoms with E-state index >= 15 is 0 Å². The molecule has 0 atom stereocenters. The van der Waals surface area contributed by atoms with Crippen LogP contribution in [0.3, 0.4) is 0 Å². The Morgan fingerprint density at radius 1 is 0.592 bits per heavy atom. The summed E-state index contributed by atoms with van der Waals surface area (Å²) in [6.45, 7) is 9.98. The second kappa shape index (κ2) is 12.5. The van der Waals surface area contributed by atoms with Crippen molar-refractivity contribution in [3.63, 3.8) is 0 Å². The number of hydrogen-bond acceptors (Lipinski definition) is 4. The van der Waals surface area contributed by atoms with Gasteiger partial charge in [0.2, 0.25) is 0 Å². The average Bonchev–Trinajstić information content (AvgIpc) is 3.52. The van der Waals surface area contributed by atoms with E-state index in [1.54, 1.807) is 0 Å². The summed E-state index contributed by atoms with van der Waals surface area (Å²) in [5.74, 6) is 2.45. The Morgan fingerprint density at radius 2 is 1.20 bits per heavy atom. The Kier molecular flexibility index (Phi) is 7.87. The van der Waals surface area contributed by atoms with E-state index < -0.39 is 0 Å². The number of nitrogens with zero attached hydrogens (tertiary/aromatic N) is 4. The van der Waals surface area contributed by atoms with Crippen LogP contribution in [0.2, 0.25) is 0 Å². The van der Waals surface area contributed by atoms with Crippen molar-refractivity contribution >= 4 is 40.9 Å². The first-order valence-electron chi connectivity index (χ1n) is 17.4. The summed E-state index contributed by atoms with van der Waals surface area (Å²) < 4.78 is 9.07. The lowest BCUT2D eigenvalue weighted by atomic mass is 9.58. The van der Waals surface area contributed by atoms with Gasteiger partial charge in [0, 0.05) is 41.7 Å². The van der Waals surface area contributed by atoms with Crippen LogP contribution in [-0.4, -0.2) is 20.7 Å². The van der Waals surface area contributed by atoms with Gasteiger partial charge in [-0.15, -0.1) is 0 Å². The number of fused-ring (bicyclic) bond motifs is 4. The van der Waals surface area contributed by atoms with Crippen molar-refractivity contribution in [2.45, 2.75) is 39.5 Å². The average molecular weight is 642 g/mol. The molecule has 6 heteroatoms. The first kappa shape index (κ1) is 30.8. The molecule has 0 amide bonds. The fourth-order valence-electron chi connectivity index (χ4n) is 7.66. The molecule has 2 aliphatic rings. The van der Waals surface area contributed by atoms with Gasteiger partial charge in [0.05, 0.1) is 16.9 Å². The van der Waals surface area contributed by atoms with E-state index in [0.717, 1.165) is 29.4 Å². The van der Waals surface area contributed by atoms with Crippen LogP contribution in [0, 0.1) is 0 Å². The predicted octanol–water partition coefficient (Wildman–Crippen LogP) is 9.62. The van der Waals surface area contributed by atoms with Gasteiger partial charge < -0.3 is 19.3 Å². The predicted molar refractivity (Wildman–Crippen MR) is 204 cm³/mol. The SMILES string of the molecule is CC(C)c1cccc(C(C)C)c1B1N(C)c2ccc(Oc3cccc(N4CN(c5ccccc5)c5ccccc54)c3)cc2-c2cccc[n+]21. The van der Waals surface area contributed by atoms with Crippen LogP contribution in [0.15, 0.2) is 140 Å². The topological polar surface area (TPSA) is 22.8 Å². The Hall–Kier alpha value is -5.49. The summed E-state index contributed by atoms with van der Waals surface area (Å²) in [6.07, 6.45) is 2.23. The molecule has 8 rings (SSSR count). The molecule has 0 aliphatic carbocycles. The van der Waals surface area contributed by atoms with Crippen LogP contribution < -0.4 is 29.3 Å². The number of para-hydroxylation sites is 3. The van der Waals surface area contributed by atoms with Gasteiger partial charge in [0.1, 0.15) is 24.4 Å². The van der Waals surface area contributed by atoms with E-state index in [-0.39, 0.29) is 6.98 Å². The third-order valence-electron chi connectivity index (χ3n) is 10.00. The number of anilines is 5. The van der Waals surface area contributed by atoms with E-state index in [9.17, 15) is 0 Å². The molecule has 0 saturated carbocycles. The highest BCUT2D eigenvalue weighted by atomic mass is 16.5. The highest BCUT2D eigenvalue weighted by Gasteiger charge is 2.47. The zero-order valence-corrected chi connectivity index (χ0v) is 28.9. The van der Waals surface area contributed by atoms with Crippen LogP contribution >= 0.6 is 0 Å². The first-order valence-corrected chi connectivity index (χ1v) is 17.4. The minimum Gasteiger partial charge on any atom is -0.457 e. The van der Waals surface area contributed by atoms with Crippen molar-refractivity contribution in [3.8, 4) is 22.8 Å². The van der Waals surface area contributed by atoms with Gasteiger partial charge in [-0.2, -0.15) is 0 Å². The highest BCUT2D eigenvalue weighted by Crippen LogP contribution is 2.45. The summed E-state index contributed by atoms with van der Waals surface area (Å²) in [4.78, 5) is 7.14. The van der Waals surface area contributed by atoms with Gasteiger partial charge in [0.15, 0.2) is 5.69 Å². The van der Waals surface area contributed by atoms with Crippen LogP contribution in [0.4, 0.5) is 28.4 Å². The Balaban J connectivity index is 1.13. The van der Waals surface area contributed by atoms with Gasteiger partial charge in [-0.1, -0.05) is 82.3 Å². The molecule has 2 aliphatic heterocycles. The number of pyridine rings is 1. The van der Waals surface area contributed by atoms with E-state index in [0.29, 0.717) is 11.8 Å². The van der Waals surface area contributed by atoms with Gasteiger partial charge in [-0.05, 0) is 89.7 Å². The summed E-state index contributed by atoms with van der Waals surface area (Å²) in [7, 11) is 2.23. The van der Waals surface area contributed by atoms with Crippen LogP contribution in [-0.2, 0) is 0 Å². The number of aromatic nitrogens is 1. The van der Waals surface area contributed by atoms with Gasteiger partial charge in [-0.25, -0.2) is 0 Å². The van der Waals surface area contributed by atoms with E-state index in [2.05, 4.69) is 187 Å². The summed E-state index contributed by atoms with van der Waals surface area (Å²) in [6, 6.07) is 47.5. The third kappa shape index (κ3) is 5.42. The lowest BCUT2D eigenvalue weighted by Gasteiger charge is -2.32. The number of rotatable bonds is 7. The van der Waals surface area contributed by atoms with Gasteiger partial charge in [-0.3, -0.25) is 4.48 Å².